The summed E-state index contributed by atoms with van der Waals surface area (Å²) in [5.41, 5.74) is 1.12. The minimum Gasteiger partial charge on any atom is -0.478 e. The van der Waals surface area contributed by atoms with Crippen LogP contribution in [0.3, 0.4) is 0 Å². The first kappa shape index (κ1) is 17.1. The SMILES string of the molecule is CCN(Cc1noc(CC(C)C)n1)Cc1ccccc1C(=O)O. The molecule has 0 unspecified atom stereocenters. The summed E-state index contributed by atoms with van der Waals surface area (Å²) in [6.45, 7) is 8.07. The Morgan fingerprint density at radius 1 is 1.30 bits per heavy atom. The Morgan fingerprint density at radius 3 is 2.70 bits per heavy atom. The highest BCUT2D eigenvalue weighted by Crippen LogP contribution is 2.14. The number of benzene rings is 1. The van der Waals surface area contributed by atoms with Gasteiger partial charge in [0.15, 0.2) is 5.82 Å². The molecular weight excluding hydrogens is 294 g/mol. The van der Waals surface area contributed by atoms with E-state index in [1.54, 1.807) is 12.1 Å². The van der Waals surface area contributed by atoms with Gasteiger partial charge in [-0.3, -0.25) is 4.90 Å². The zero-order chi connectivity index (χ0) is 16.8. The Hall–Kier alpha value is -2.21. The van der Waals surface area contributed by atoms with Crippen LogP contribution in [0.2, 0.25) is 0 Å². The molecule has 0 aliphatic carbocycles. The maximum absolute atomic E-state index is 11.3. The molecule has 6 nitrogen and oxygen atoms in total. The van der Waals surface area contributed by atoms with E-state index >= 15 is 0 Å². The molecule has 0 atom stereocenters. The lowest BCUT2D eigenvalue weighted by molar-refractivity contribution is 0.0694. The molecule has 124 valence electrons. The van der Waals surface area contributed by atoms with Crippen molar-refractivity contribution in [1.29, 1.82) is 0 Å². The third-order valence-corrected chi connectivity index (χ3v) is 3.55. The number of carboxylic acids is 1. The second-order valence-corrected chi connectivity index (χ2v) is 5.97. The van der Waals surface area contributed by atoms with E-state index in [4.69, 9.17) is 4.52 Å². The molecule has 0 saturated carbocycles. The largest absolute Gasteiger partial charge is 0.478 e. The molecule has 0 bridgehead atoms. The van der Waals surface area contributed by atoms with Gasteiger partial charge in [0.2, 0.25) is 5.89 Å². The average Bonchev–Trinajstić information content (AvgIpc) is 2.93. The van der Waals surface area contributed by atoms with Crippen molar-refractivity contribution in [2.24, 2.45) is 5.92 Å². The van der Waals surface area contributed by atoms with E-state index in [9.17, 15) is 9.90 Å². The van der Waals surface area contributed by atoms with Crippen molar-refractivity contribution in [2.75, 3.05) is 6.54 Å². The molecule has 1 heterocycles. The fourth-order valence-electron chi connectivity index (χ4n) is 2.37. The lowest BCUT2D eigenvalue weighted by Crippen LogP contribution is -2.24. The number of hydrogen-bond donors (Lipinski definition) is 1. The van der Waals surface area contributed by atoms with Crippen LogP contribution in [0, 0.1) is 5.92 Å². The van der Waals surface area contributed by atoms with Crippen LogP contribution < -0.4 is 0 Å². The molecule has 1 aromatic heterocycles. The van der Waals surface area contributed by atoms with Crippen LogP contribution in [0.1, 0.15) is 48.4 Å². The molecule has 1 N–H and O–H groups in total. The Labute approximate surface area is 136 Å². The summed E-state index contributed by atoms with van der Waals surface area (Å²) in [6, 6.07) is 7.05. The van der Waals surface area contributed by atoms with Crippen LogP contribution in [0.15, 0.2) is 28.8 Å². The zero-order valence-electron chi connectivity index (χ0n) is 13.8. The predicted molar refractivity (Wildman–Crippen MR) is 86.0 cm³/mol. The van der Waals surface area contributed by atoms with Crippen molar-refractivity contribution >= 4 is 5.97 Å². The standard InChI is InChI=1S/C17H23N3O3/c1-4-20(10-13-7-5-6-8-14(13)17(21)22)11-15-18-16(23-19-15)9-12(2)3/h5-8,12H,4,9-11H2,1-3H3,(H,21,22). The monoisotopic (exact) mass is 317 g/mol. The summed E-state index contributed by atoms with van der Waals surface area (Å²) in [5, 5.41) is 13.3. The van der Waals surface area contributed by atoms with Crippen LogP contribution in [-0.2, 0) is 19.5 Å². The zero-order valence-corrected chi connectivity index (χ0v) is 13.8. The molecular formula is C17H23N3O3. The van der Waals surface area contributed by atoms with Gasteiger partial charge in [-0.05, 0) is 24.1 Å². The summed E-state index contributed by atoms with van der Waals surface area (Å²) in [4.78, 5) is 17.8. The molecule has 0 radical (unpaired) electrons. The van der Waals surface area contributed by atoms with Crippen molar-refractivity contribution in [2.45, 2.75) is 40.3 Å². The van der Waals surface area contributed by atoms with Crippen LogP contribution in [0.5, 0.6) is 0 Å². The number of hydrogen-bond acceptors (Lipinski definition) is 5. The van der Waals surface area contributed by atoms with E-state index in [1.807, 2.05) is 19.1 Å². The highest BCUT2D eigenvalue weighted by atomic mass is 16.5. The van der Waals surface area contributed by atoms with Crippen LogP contribution in [0.25, 0.3) is 0 Å². The molecule has 0 spiro atoms. The molecule has 0 amide bonds. The van der Waals surface area contributed by atoms with Gasteiger partial charge in [-0.25, -0.2) is 4.79 Å². The summed E-state index contributed by atoms with van der Waals surface area (Å²) in [6.07, 6.45) is 0.765. The first-order valence-electron chi connectivity index (χ1n) is 7.84. The first-order chi connectivity index (χ1) is 11.0. The minimum atomic E-state index is -0.907. The van der Waals surface area contributed by atoms with Gasteiger partial charge in [0.1, 0.15) is 0 Å². The fraction of sp³-hybridized carbons (Fsp3) is 0.471. The van der Waals surface area contributed by atoms with Gasteiger partial charge < -0.3 is 9.63 Å². The Balaban J connectivity index is 2.06. The van der Waals surface area contributed by atoms with Gasteiger partial charge in [-0.2, -0.15) is 4.98 Å². The quantitative estimate of drug-likeness (QED) is 0.806. The summed E-state index contributed by atoms with van der Waals surface area (Å²) in [7, 11) is 0. The maximum Gasteiger partial charge on any atom is 0.336 e. The Kier molecular flexibility index (Phi) is 5.87. The molecule has 23 heavy (non-hydrogen) atoms. The van der Waals surface area contributed by atoms with Gasteiger partial charge in [0.25, 0.3) is 0 Å². The van der Waals surface area contributed by atoms with Crippen molar-refractivity contribution in [3.63, 3.8) is 0 Å². The number of nitrogens with zero attached hydrogens (tertiary/aromatic N) is 3. The fourth-order valence-corrected chi connectivity index (χ4v) is 2.37. The van der Waals surface area contributed by atoms with Crippen LogP contribution in [-0.4, -0.2) is 32.7 Å². The van der Waals surface area contributed by atoms with E-state index in [0.717, 1.165) is 18.5 Å². The number of carboxylic acid groups (broad SMARTS) is 1. The van der Waals surface area contributed by atoms with E-state index in [2.05, 4.69) is 28.9 Å². The second kappa shape index (κ2) is 7.87. The minimum absolute atomic E-state index is 0.333. The molecule has 2 aromatic rings. The highest BCUT2D eigenvalue weighted by Gasteiger charge is 2.15. The van der Waals surface area contributed by atoms with E-state index in [1.165, 1.54) is 0 Å². The number of carbonyl (C=O) groups is 1. The van der Waals surface area contributed by atoms with E-state index in [0.29, 0.717) is 36.3 Å². The van der Waals surface area contributed by atoms with Crippen molar-refractivity contribution in [1.82, 2.24) is 15.0 Å². The molecule has 0 saturated heterocycles. The van der Waals surface area contributed by atoms with Crippen molar-refractivity contribution < 1.29 is 14.4 Å². The predicted octanol–water partition coefficient (Wildman–Crippen LogP) is 2.99. The summed E-state index contributed by atoms with van der Waals surface area (Å²) < 4.78 is 5.25. The molecule has 0 aliphatic heterocycles. The molecule has 1 aromatic carbocycles. The molecule has 6 heteroatoms. The lowest BCUT2D eigenvalue weighted by atomic mass is 10.1. The van der Waals surface area contributed by atoms with Crippen LogP contribution in [0.4, 0.5) is 0 Å². The smallest absolute Gasteiger partial charge is 0.336 e. The third-order valence-electron chi connectivity index (χ3n) is 3.55. The highest BCUT2D eigenvalue weighted by molar-refractivity contribution is 5.89. The van der Waals surface area contributed by atoms with Gasteiger partial charge >= 0.3 is 5.97 Å². The third kappa shape index (κ3) is 4.89. The normalized spacial score (nSPS) is 11.3. The Bertz CT molecular complexity index is 652. The van der Waals surface area contributed by atoms with Crippen LogP contribution >= 0.6 is 0 Å². The lowest BCUT2D eigenvalue weighted by Gasteiger charge is -2.19. The van der Waals surface area contributed by atoms with E-state index in [-0.39, 0.29) is 0 Å². The maximum atomic E-state index is 11.3. The second-order valence-electron chi connectivity index (χ2n) is 5.97. The number of aromatic nitrogens is 2. The van der Waals surface area contributed by atoms with E-state index < -0.39 is 5.97 Å². The number of rotatable bonds is 8. The van der Waals surface area contributed by atoms with Gasteiger partial charge in [0.05, 0.1) is 12.1 Å². The summed E-state index contributed by atoms with van der Waals surface area (Å²) >= 11 is 0. The van der Waals surface area contributed by atoms with Crippen molar-refractivity contribution in [3.8, 4) is 0 Å². The summed E-state index contributed by atoms with van der Waals surface area (Å²) in [5.74, 6) is 0.843. The van der Waals surface area contributed by atoms with Gasteiger partial charge in [-0.15, -0.1) is 0 Å². The molecule has 2 rings (SSSR count). The molecule has 0 fully saturated rings. The molecule has 0 aliphatic rings. The number of aromatic carboxylic acids is 1. The van der Waals surface area contributed by atoms with Gasteiger partial charge in [-0.1, -0.05) is 44.1 Å². The first-order valence-corrected chi connectivity index (χ1v) is 7.84. The van der Waals surface area contributed by atoms with Crippen molar-refractivity contribution in [3.05, 3.63) is 47.1 Å². The topological polar surface area (TPSA) is 79.5 Å². The Morgan fingerprint density at radius 2 is 2.04 bits per heavy atom. The average molecular weight is 317 g/mol. The van der Waals surface area contributed by atoms with Gasteiger partial charge in [0, 0.05) is 13.0 Å².